The van der Waals surface area contributed by atoms with Crippen LogP contribution in [0.2, 0.25) is 0 Å². The summed E-state index contributed by atoms with van der Waals surface area (Å²) in [4.78, 5) is 23.2. The molecule has 1 amide bonds. The van der Waals surface area contributed by atoms with Crippen LogP contribution in [0.25, 0.3) is 6.08 Å². The average Bonchev–Trinajstić information content (AvgIpc) is 2.59. The number of hydrogen-bond acceptors (Lipinski definition) is 4. The molecule has 0 unspecified atom stereocenters. The van der Waals surface area contributed by atoms with Crippen molar-refractivity contribution in [1.29, 1.82) is 5.26 Å². The van der Waals surface area contributed by atoms with Crippen LogP contribution in [0.1, 0.15) is 15.9 Å². The Labute approximate surface area is 157 Å². The van der Waals surface area contributed by atoms with Gasteiger partial charge in [0.1, 0.15) is 17.4 Å². The van der Waals surface area contributed by atoms with Crippen molar-refractivity contribution in [2.45, 2.75) is 0 Å². The van der Waals surface area contributed by atoms with E-state index in [9.17, 15) is 14.9 Å². The highest BCUT2D eigenvalue weighted by Crippen LogP contribution is 2.23. The first kappa shape index (κ1) is 18.5. The van der Waals surface area contributed by atoms with Gasteiger partial charge in [-0.2, -0.15) is 5.26 Å². The molecule has 0 heterocycles. The van der Waals surface area contributed by atoms with Gasteiger partial charge in [0.2, 0.25) is 0 Å². The van der Waals surface area contributed by atoms with Gasteiger partial charge in [-0.15, -0.1) is 0 Å². The molecule has 0 spiro atoms. The van der Waals surface area contributed by atoms with Crippen LogP contribution in [-0.4, -0.2) is 24.1 Å². The lowest BCUT2D eigenvalue weighted by Crippen LogP contribution is -2.14. The topological polar surface area (TPSA) is 99.4 Å². The fourth-order valence-electron chi connectivity index (χ4n) is 2.02. The summed E-state index contributed by atoms with van der Waals surface area (Å²) < 4.78 is 6.02. The number of carbonyl (C=O) groups excluding carboxylic acids is 1. The normalized spacial score (nSPS) is 10.7. The summed E-state index contributed by atoms with van der Waals surface area (Å²) in [6.07, 6.45) is 1.46. The molecule has 126 valence electrons. The van der Waals surface area contributed by atoms with Gasteiger partial charge in [0.25, 0.3) is 5.91 Å². The van der Waals surface area contributed by atoms with E-state index in [1.54, 1.807) is 31.4 Å². The quantitative estimate of drug-likeness (QED) is 0.414. The van der Waals surface area contributed by atoms with E-state index >= 15 is 0 Å². The van der Waals surface area contributed by atoms with Crippen molar-refractivity contribution in [3.8, 4) is 11.8 Å². The Bertz CT molecular complexity index is 900. The maximum atomic E-state index is 12.3. The Morgan fingerprint density at radius 1 is 1.28 bits per heavy atom. The number of amides is 1. The van der Waals surface area contributed by atoms with E-state index in [1.807, 2.05) is 6.07 Å². The number of anilines is 1. The van der Waals surface area contributed by atoms with Gasteiger partial charge in [-0.1, -0.05) is 12.1 Å². The lowest BCUT2D eigenvalue weighted by Gasteiger charge is -2.06. The van der Waals surface area contributed by atoms with E-state index in [0.717, 1.165) is 3.57 Å². The van der Waals surface area contributed by atoms with Gasteiger partial charge < -0.3 is 15.2 Å². The molecule has 25 heavy (non-hydrogen) atoms. The second-order valence-corrected chi connectivity index (χ2v) is 6.07. The largest absolute Gasteiger partial charge is 0.496 e. The van der Waals surface area contributed by atoms with Crippen LogP contribution in [0.3, 0.4) is 0 Å². The third kappa shape index (κ3) is 4.81. The zero-order valence-electron chi connectivity index (χ0n) is 13.1. The number of methoxy groups -OCH3 is 1. The van der Waals surface area contributed by atoms with E-state index in [4.69, 9.17) is 9.84 Å². The van der Waals surface area contributed by atoms with Gasteiger partial charge in [-0.25, -0.2) is 4.79 Å². The minimum atomic E-state index is -1.10. The number of aromatic carboxylic acids is 1. The molecular formula is C18H13IN2O4. The number of benzene rings is 2. The predicted octanol–water partition coefficient (Wildman–Crippen LogP) is 3.54. The number of ether oxygens (including phenoxy) is 1. The van der Waals surface area contributed by atoms with E-state index in [1.165, 1.54) is 24.3 Å². The number of nitrogens with one attached hydrogen (secondary N) is 1. The molecule has 0 aliphatic rings. The summed E-state index contributed by atoms with van der Waals surface area (Å²) in [5.74, 6) is -1.01. The van der Waals surface area contributed by atoms with Gasteiger partial charge in [-0.3, -0.25) is 4.79 Å². The van der Waals surface area contributed by atoms with Gasteiger partial charge in [0, 0.05) is 5.69 Å². The fourth-order valence-corrected chi connectivity index (χ4v) is 2.78. The van der Waals surface area contributed by atoms with Crippen LogP contribution in [-0.2, 0) is 4.79 Å². The second-order valence-electron chi connectivity index (χ2n) is 4.90. The molecule has 0 aliphatic carbocycles. The van der Waals surface area contributed by atoms with E-state index < -0.39 is 11.9 Å². The first-order valence-corrected chi connectivity index (χ1v) is 8.12. The number of halogens is 1. The molecule has 2 aromatic carbocycles. The first-order valence-electron chi connectivity index (χ1n) is 7.04. The van der Waals surface area contributed by atoms with Crippen LogP contribution in [0.5, 0.6) is 5.75 Å². The summed E-state index contributed by atoms with van der Waals surface area (Å²) in [6.45, 7) is 0. The molecule has 6 nitrogen and oxygen atoms in total. The van der Waals surface area contributed by atoms with Crippen molar-refractivity contribution in [2.24, 2.45) is 0 Å². The van der Waals surface area contributed by atoms with E-state index in [-0.39, 0.29) is 11.1 Å². The third-order valence-corrected chi connectivity index (χ3v) is 4.06. The molecule has 0 atom stereocenters. The number of carboxylic acids is 1. The van der Waals surface area contributed by atoms with Crippen molar-refractivity contribution >= 4 is 46.2 Å². The van der Waals surface area contributed by atoms with Gasteiger partial charge in [-0.05, 0) is 64.6 Å². The molecule has 0 aromatic heterocycles. The standard InChI is InChI=1S/C18H13IN2O4/c1-25-16-6-5-11(8-15(16)19)7-13(10-20)17(22)21-14-4-2-3-12(9-14)18(23)24/h2-9H,1H3,(H,21,22)(H,23,24)/b13-7-. The first-order chi connectivity index (χ1) is 11.9. The van der Waals surface area contributed by atoms with Crippen molar-refractivity contribution < 1.29 is 19.4 Å². The van der Waals surface area contributed by atoms with Crippen molar-refractivity contribution in [2.75, 3.05) is 12.4 Å². The molecular weight excluding hydrogens is 435 g/mol. The van der Waals surface area contributed by atoms with Gasteiger partial charge >= 0.3 is 5.97 Å². The predicted molar refractivity (Wildman–Crippen MR) is 101 cm³/mol. The van der Waals surface area contributed by atoms with Crippen LogP contribution in [0.4, 0.5) is 5.69 Å². The van der Waals surface area contributed by atoms with Crippen LogP contribution >= 0.6 is 22.6 Å². The van der Waals surface area contributed by atoms with E-state index in [0.29, 0.717) is 17.0 Å². The molecule has 0 radical (unpaired) electrons. The molecule has 2 N–H and O–H groups in total. The highest BCUT2D eigenvalue weighted by Gasteiger charge is 2.11. The third-order valence-electron chi connectivity index (χ3n) is 3.22. The van der Waals surface area contributed by atoms with Gasteiger partial charge in [0.15, 0.2) is 0 Å². The van der Waals surface area contributed by atoms with Crippen LogP contribution in [0.15, 0.2) is 48.0 Å². The van der Waals surface area contributed by atoms with Crippen molar-refractivity contribution in [3.05, 3.63) is 62.7 Å². The number of carboxylic acid groups (broad SMARTS) is 1. The molecule has 2 rings (SSSR count). The minimum Gasteiger partial charge on any atom is -0.496 e. The maximum absolute atomic E-state index is 12.3. The molecule has 2 aromatic rings. The zero-order valence-corrected chi connectivity index (χ0v) is 15.3. The van der Waals surface area contributed by atoms with Crippen molar-refractivity contribution in [1.82, 2.24) is 0 Å². The lowest BCUT2D eigenvalue weighted by molar-refractivity contribution is -0.112. The molecule has 0 aliphatic heterocycles. The van der Waals surface area contributed by atoms with Crippen LogP contribution < -0.4 is 10.1 Å². The zero-order chi connectivity index (χ0) is 18.4. The molecule has 0 saturated heterocycles. The number of rotatable bonds is 5. The van der Waals surface area contributed by atoms with Crippen LogP contribution in [0, 0.1) is 14.9 Å². The number of carbonyl (C=O) groups is 2. The SMILES string of the molecule is COc1ccc(/C=C(/C#N)C(=O)Nc2cccc(C(=O)O)c2)cc1I. The summed E-state index contributed by atoms with van der Waals surface area (Å²) >= 11 is 2.10. The summed E-state index contributed by atoms with van der Waals surface area (Å²) in [7, 11) is 1.56. The minimum absolute atomic E-state index is 0.0463. The summed E-state index contributed by atoms with van der Waals surface area (Å²) in [6, 6.07) is 12.9. The smallest absolute Gasteiger partial charge is 0.335 e. The maximum Gasteiger partial charge on any atom is 0.335 e. The Hall–Kier alpha value is -2.86. The Morgan fingerprint density at radius 3 is 2.64 bits per heavy atom. The number of nitrogens with zero attached hydrogens (tertiary/aromatic N) is 1. The lowest BCUT2D eigenvalue weighted by atomic mass is 10.1. The Kier molecular flexibility index (Phi) is 6.14. The summed E-state index contributed by atoms with van der Waals surface area (Å²) in [5.41, 5.74) is 0.929. The highest BCUT2D eigenvalue weighted by atomic mass is 127. The fraction of sp³-hybridized carbons (Fsp3) is 0.0556. The van der Waals surface area contributed by atoms with E-state index in [2.05, 4.69) is 27.9 Å². The Balaban J connectivity index is 2.24. The molecule has 7 heteroatoms. The Morgan fingerprint density at radius 2 is 2.04 bits per heavy atom. The molecule has 0 fully saturated rings. The summed E-state index contributed by atoms with van der Waals surface area (Å²) in [5, 5.41) is 20.7. The monoisotopic (exact) mass is 448 g/mol. The average molecular weight is 448 g/mol. The number of hydrogen-bond donors (Lipinski definition) is 2. The van der Waals surface area contributed by atoms with Crippen molar-refractivity contribution in [3.63, 3.8) is 0 Å². The highest BCUT2D eigenvalue weighted by molar-refractivity contribution is 14.1. The van der Waals surface area contributed by atoms with Gasteiger partial charge in [0.05, 0.1) is 16.2 Å². The molecule has 0 saturated carbocycles. The molecule has 0 bridgehead atoms. The second kappa shape index (κ2) is 8.30. The number of nitriles is 1.